The van der Waals surface area contributed by atoms with E-state index in [0.29, 0.717) is 47.5 Å². The van der Waals surface area contributed by atoms with Gasteiger partial charge < -0.3 is 20.5 Å². The third-order valence-corrected chi connectivity index (χ3v) is 6.19. The van der Waals surface area contributed by atoms with E-state index in [-0.39, 0.29) is 24.3 Å². The number of aliphatic imine (C=N–C) groups is 1. The van der Waals surface area contributed by atoms with Crippen molar-refractivity contribution < 1.29 is 14.3 Å². The van der Waals surface area contributed by atoms with Crippen molar-refractivity contribution in [3.63, 3.8) is 0 Å². The molecule has 0 fully saturated rings. The molecular formula is C30H35N5O3. The van der Waals surface area contributed by atoms with Gasteiger partial charge in [0.05, 0.1) is 48.9 Å². The Hall–Kier alpha value is -4.22. The molecule has 198 valence electrons. The topological polar surface area (TPSA) is 123 Å². The lowest BCUT2D eigenvalue weighted by atomic mass is 9.92. The second kappa shape index (κ2) is 13.9. The van der Waals surface area contributed by atoms with Crippen molar-refractivity contribution in [2.75, 3.05) is 26.8 Å². The maximum absolute atomic E-state index is 12.9. The molecule has 3 rings (SSSR count). The molecule has 2 aromatic rings. The number of ether oxygens (including phenoxy) is 2. The molecule has 8 heteroatoms. The molecule has 0 saturated carbocycles. The Morgan fingerprint density at radius 1 is 1.39 bits per heavy atom. The number of unbranched alkanes of at least 4 members (excludes halogenated alkanes) is 1. The van der Waals surface area contributed by atoms with E-state index in [9.17, 15) is 10.1 Å². The number of nitrogens with zero attached hydrogens (tertiary/aromatic N) is 3. The fourth-order valence-electron chi connectivity index (χ4n) is 3.98. The van der Waals surface area contributed by atoms with E-state index in [1.807, 2.05) is 37.3 Å². The van der Waals surface area contributed by atoms with E-state index in [1.165, 1.54) is 7.11 Å². The monoisotopic (exact) mass is 513 g/mol. The molecule has 1 aromatic carbocycles. The van der Waals surface area contributed by atoms with Gasteiger partial charge in [0.15, 0.2) is 5.88 Å². The lowest BCUT2D eigenvalue weighted by Crippen LogP contribution is -2.31. The van der Waals surface area contributed by atoms with Gasteiger partial charge >= 0.3 is 0 Å². The summed E-state index contributed by atoms with van der Waals surface area (Å²) in [5.41, 5.74) is 10.3. The van der Waals surface area contributed by atoms with Gasteiger partial charge in [0.25, 0.3) is 5.91 Å². The number of carbonyl (C=O) groups is 1. The zero-order valence-electron chi connectivity index (χ0n) is 22.3. The summed E-state index contributed by atoms with van der Waals surface area (Å²) in [6.45, 7) is 9.86. The lowest BCUT2D eigenvalue weighted by molar-refractivity contribution is 0.0952. The number of amides is 1. The summed E-state index contributed by atoms with van der Waals surface area (Å²) in [7, 11) is 1.51. The number of hydrogen-bond acceptors (Lipinski definition) is 7. The summed E-state index contributed by atoms with van der Waals surface area (Å²) in [6, 6.07) is 11.4. The predicted octanol–water partition coefficient (Wildman–Crippen LogP) is 2.93. The number of hydrogen-bond donors (Lipinski definition) is 2. The Balaban J connectivity index is 1.80. The summed E-state index contributed by atoms with van der Waals surface area (Å²) in [6.07, 6.45) is 7.53. The van der Waals surface area contributed by atoms with E-state index in [2.05, 4.69) is 29.9 Å². The minimum atomic E-state index is -0.375. The van der Waals surface area contributed by atoms with Crippen molar-refractivity contribution in [2.24, 2.45) is 10.7 Å². The van der Waals surface area contributed by atoms with Crippen LogP contribution in [-0.4, -0.2) is 43.9 Å². The predicted molar refractivity (Wildman–Crippen MR) is 150 cm³/mol. The molecule has 1 atom stereocenters. The van der Waals surface area contributed by atoms with Gasteiger partial charge in [-0.2, -0.15) is 5.26 Å². The molecule has 0 radical (unpaired) electrons. The largest absolute Gasteiger partial charge is 0.482 e. The highest BCUT2D eigenvalue weighted by atomic mass is 16.5. The Labute approximate surface area is 223 Å². The minimum absolute atomic E-state index is 0.233. The molecule has 38 heavy (non-hydrogen) atoms. The van der Waals surface area contributed by atoms with Gasteiger partial charge in [-0.15, -0.1) is 0 Å². The van der Waals surface area contributed by atoms with Crippen molar-refractivity contribution in [1.29, 1.82) is 5.26 Å². The van der Waals surface area contributed by atoms with Gasteiger partial charge in [0, 0.05) is 24.9 Å². The highest BCUT2D eigenvalue weighted by molar-refractivity contribution is 6.09. The number of carbonyl (C=O) groups excluding carboxylic acids is 1. The molecule has 3 N–H and O–H groups in total. The van der Waals surface area contributed by atoms with Crippen molar-refractivity contribution in [1.82, 2.24) is 10.3 Å². The van der Waals surface area contributed by atoms with Crippen molar-refractivity contribution in [2.45, 2.75) is 39.2 Å². The number of benzene rings is 1. The fraction of sp³-hybridized carbons (Fsp3) is 0.333. The van der Waals surface area contributed by atoms with Crippen LogP contribution in [0.15, 0.2) is 53.4 Å². The van der Waals surface area contributed by atoms with Crippen LogP contribution in [0.25, 0.3) is 17.7 Å². The van der Waals surface area contributed by atoms with Gasteiger partial charge in [-0.25, -0.2) is 4.98 Å². The zero-order valence-corrected chi connectivity index (χ0v) is 22.3. The van der Waals surface area contributed by atoms with E-state index in [0.717, 1.165) is 29.2 Å². The quantitative estimate of drug-likeness (QED) is 0.286. The second-order valence-corrected chi connectivity index (χ2v) is 8.93. The van der Waals surface area contributed by atoms with E-state index < -0.39 is 0 Å². The van der Waals surface area contributed by atoms with Gasteiger partial charge in [-0.3, -0.25) is 9.79 Å². The fourth-order valence-corrected chi connectivity index (χ4v) is 3.98. The van der Waals surface area contributed by atoms with Crippen molar-refractivity contribution in [3.8, 4) is 6.07 Å². The van der Waals surface area contributed by atoms with Crippen molar-refractivity contribution >= 4 is 29.8 Å². The number of methoxy groups -OCH3 is 1. The van der Waals surface area contributed by atoms with Crippen LogP contribution in [0.4, 0.5) is 0 Å². The number of nitrogens with two attached hydrogens (primary N) is 1. The van der Waals surface area contributed by atoms with Crippen LogP contribution >= 0.6 is 0 Å². The first kappa shape index (κ1) is 28.4. The molecule has 0 saturated heterocycles. The average Bonchev–Trinajstić information content (AvgIpc) is 2.94. The lowest BCUT2D eigenvalue weighted by Gasteiger charge is -2.21. The number of fused-ring (bicyclic) bond motifs is 1. The van der Waals surface area contributed by atoms with Crippen LogP contribution in [-0.2, 0) is 16.1 Å². The first-order valence-corrected chi connectivity index (χ1v) is 12.7. The molecule has 0 aliphatic carbocycles. The van der Waals surface area contributed by atoms with Crippen LogP contribution < -0.4 is 21.6 Å². The molecule has 1 aromatic heterocycles. The first-order valence-electron chi connectivity index (χ1n) is 12.7. The summed E-state index contributed by atoms with van der Waals surface area (Å²) in [4.78, 5) is 22.1. The van der Waals surface area contributed by atoms with Crippen LogP contribution in [0.2, 0.25) is 0 Å². The van der Waals surface area contributed by atoms with Crippen LogP contribution in [0, 0.1) is 11.3 Å². The highest BCUT2D eigenvalue weighted by Crippen LogP contribution is 2.27. The Bertz CT molecular complexity index is 1400. The molecule has 1 aliphatic rings. The number of aromatic nitrogens is 1. The number of pyridine rings is 1. The minimum Gasteiger partial charge on any atom is -0.482 e. The number of nitriles is 1. The summed E-state index contributed by atoms with van der Waals surface area (Å²) < 4.78 is 10.7. The van der Waals surface area contributed by atoms with Crippen LogP contribution in [0.5, 0.6) is 0 Å². The SMILES string of the molecule is C=C(/C=c1/nc(/C(C=NCCCC)=C(/N)OC)cc/c1=C/C)CNC(=O)c1ccc2c(c1)C(C#N)COC2. The molecule has 1 unspecified atom stereocenters. The van der Waals surface area contributed by atoms with E-state index in [1.54, 1.807) is 18.3 Å². The maximum atomic E-state index is 12.9. The van der Waals surface area contributed by atoms with Crippen LogP contribution in [0.3, 0.4) is 0 Å². The zero-order chi connectivity index (χ0) is 27.5. The molecular weight excluding hydrogens is 478 g/mol. The summed E-state index contributed by atoms with van der Waals surface area (Å²) in [5.74, 6) is -0.381. The van der Waals surface area contributed by atoms with Gasteiger partial charge in [-0.05, 0) is 59.5 Å². The number of rotatable bonds is 10. The maximum Gasteiger partial charge on any atom is 0.251 e. The summed E-state index contributed by atoms with van der Waals surface area (Å²) >= 11 is 0. The number of allylic oxidation sites excluding steroid dienone is 1. The molecule has 2 heterocycles. The molecule has 0 spiro atoms. The van der Waals surface area contributed by atoms with Gasteiger partial charge in [0.1, 0.15) is 0 Å². The Morgan fingerprint density at radius 3 is 2.92 bits per heavy atom. The highest BCUT2D eigenvalue weighted by Gasteiger charge is 2.22. The third-order valence-electron chi connectivity index (χ3n) is 6.19. The molecule has 1 aliphatic heterocycles. The van der Waals surface area contributed by atoms with Crippen molar-refractivity contribution in [3.05, 3.63) is 81.3 Å². The van der Waals surface area contributed by atoms with Gasteiger partial charge in [-0.1, -0.05) is 38.1 Å². The molecule has 8 nitrogen and oxygen atoms in total. The standard InChI is InChI=1S/C30H35N5O3/c1-5-7-12-33-17-26(29(32)37-4)27-11-10-21(6-2)28(35-27)13-20(3)16-34-30(36)22-8-9-23-18-38-19-24(15-31)25(23)14-22/h6,8-11,13-14,17,24H,3,5,7,12,16,18-19,32H2,1-2,4H3,(H,34,36)/b21-6-,28-13+,29-26-,33-17?. The first-order chi connectivity index (χ1) is 18.4. The smallest absolute Gasteiger partial charge is 0.251 e. The van der Waals surface area contributed by atoms with E-state index >= 15 is 0 Å². The Morgan fingerprint density at radius 2 is 2.21 bits per heavy atom. The number of nitrogens with one attached hydrogen (secondary N) is 1. The molecule has 0 bridgehead atoms. The normalized spacial score (nSPS) is 16.5. The second-order valence-electron chi connectivity index (χ2n) is 8.93. The summed E-state index contributed by atoms with van der Waals surface area (Å²) in [5, 5.41) is 13.9. The van der Waals surface area contributed by atoms with E-state index in [4.69, 9.17) is 20.2 Å². The Kier molecular flexibility index (Phi) is 10.4. The average molecular weight is 514 g/mol. The van der Waals surface area contributed by atoms with Gasteiger partial charge in [0.2, 0.25) is 0 Å². The third kappa shape index (κ3) is 7.17. The van der Waals surface area contributed by atoms with Crippen LogP contribution in [0.1, 0.15) is 59.8 Å². The molecule has 1 amide bonds.